The fourth-order valence-electron chi connectivity index (χ4n) is 1.35. The molecule has 0 amide bonds. The summed E-state index contributed by atoms with van der Waals surface area (Å²) in [6, 6.07) is 7.14. The van der Waals surface area contributed by atoms with E-state index in [0.29, 0.717) is 16.8 Å². The number of nitrogens with zero attached hydrogens (tertiary/aromatic N) is 1. The van der Waals surface area contributed by atoms with Crippen LogP contribution in [0.4, 0.5) is 0 Å². The summed E-state index contributed by atoms with van der Waals surface area (Å²) in [5, 5.41) is 8.51. The van der Waals surface area contributed by atoms with Gasteiger partial charge in [-0.3, -0.25) is 0 Å². The average Bonchev–Trinajstić information content (AvgIpc) is 2.81. The van der Waals surface area contributed by atoms with Gasteiger partial charge >= 0.3 is 5.97 Å². The molecule has 0 aliphatic rings. The molecule has 19 heavy (non-hydrogen) atoms. The number of thiazole rings is 1. The molecule has 6 heteroatoms. The number of ether oxygens (including phenoxy) is 1. The van der Waals surface area contributed by atoms with E-state index in [0.717, 1.165) is 16.5 Å². The van der Waals surface area contributed by atoms with Gasteiger partial charge in [0.15, 0.2) is 4.47 Å². The summed E-state index contributed by atoms with van der Waals surface area (Å²) in [6.45, 7) is 0.411. The van der Waals surface area contributed by atoms with Crippen molar-refractivity contribution < 1.29 is 14.6 Å². The SMILES string of the molecule is O=C(O)/C=C/c1ccc(OCc2cnc(Cl)s2)cc1. The Kier molecular flexibility index (Phi) is 4.54. The van der Waals surface area contributed by atoms with Crippen LogP contribution in [0.25, 0.3) is 6.08 Å². The molecule has 0 bridgehead atoms. The summed E-state index contributed by atoms with van der Waals surface area (Å²) in [6.07, 6.45) is 4.29. The molecular weight excluding hydrogens is 286 g/mol. The molecule has 1 aromatic carbocycles. The highest BCUT2D eigenvalue weighted by Crippen LogP contribution is 2.20. The summed E-state index contributed by atoms with van der Waals surface area (Å²) in [5.74, 6) is -0.264. The molecule has 4 nitrogen and oxygen atoms in total. The van der Waals surface area contributed by atoms with E-state index in [2.05, 4.69) is 4.98 Å². The minimum Gasteiger partial charge on any atom is -0.488 e. The van der Waals surface area contributed by atoms with Gasteiger partial charge in [0.1, 0.15) is 12.4 Å². The van der Waals surface area contributed by atoms with Gasteiger partial charge in [0.25, 0.3) is 0 Å². The number of aromatic nitrogens is 1. The zero-order valence-electron chi connectivity index (χ0n) is 9.75. The van der Waals surface area contributed by atoms with Crippen molar-refractivity contribution in [2.24, 2.45) is 0 Å². The zero-order chi connectivity index (χ0) is 13.7. The highest BCUT2D eigenvalue weighted by atomic mass is 35.5. The van der Waals surface area contributed by atoms with Crippen LogP contribution in [0.3, 0.4) is 0 Å². The second-order valence-corrected chi connectivity index (χ2v) is 5.31. The van der Waals surface area contributed by atoms with Crippen molar-refractivity contribution in [1.82, 2.24) is 4.98 Å². The number of carboxylic acid groups (broad SMARTS) is 1. The zero-order valence-corrected chi connectivity index (χ0v) is 11.3. The Morgan fingerprint density at radius 2 is 2.16 bits per heavy atom. The molecule has 0 atom stereocenters. The van der Waals surface area contributed by atoms with Crippen LogP contribution in [0.15, 0.2) is 36.5 Å². The van der Waals surface area contributed by atoms with Gasteiger partial charge < -0.3 is 9.84 Å². The molecule has 0 fully saturated rings. The summed E-state index contributed by atoms with van der Waals surface area (Å²) >= 11 is 7.09. The summed E-state index contributed by atoms with van der Waals surface area (Å²) in [7, 11) is 0. The second-order valence-electron chi connectivity index (χ2n) is 3.61. The maximum absolute atomic E-state index is 10.4. The first-order valence-corrected chi connectivity index (χ1v) is 6.57. The minimum absolute atomic E-state index is 0.411. The lowest BCUT2D eigenvalue weighted by Gasteiger charge is -2.04. The number of carboxylic acids is 1. The van der Waals surface area contributed by atoms with E-state index in [1.54, 1.807) is 30.5 Å². The highest BCUT2D eigenvalue weighted by molar-refractivity contribution is 7.15. The van der Waals surface area contributed by atoms with Crippen molar-refractivity contribution in [3.05, 3.63) is 51.4 Å². The smallest absolute Gasteiger partial charge is 0.328 e. The van der Waals surface area contributed by atoms with Crippen LogP contribution in [0.5, 0.6) is 5.75 Å². The van der Waals surface area contributed by atoms with Gasteiger partial charge in [-0.25, -0.2) is 9.78 Å². The topological polar surface area (TPSA) is 59.4 Å². The first-order valence-electron chi connectivity index (χ1n) is 5.37. The van der Waals surface area contributed by atoms with Gasteiger partial charge in [0.05, 0.1) is 4.88 Å². The Balaban J connectivity index is 1.93. The van der Waals surface area contributed by atoms with E-state index < -0.39 is 5.97 Å². The van der Waals surface area contributed by atoms with Crippen molar-refractivity contribution >= 4 is 35.0 Å². The summed E-state index contributed by atoms with van der Waals surface area (Å²) in [4.78, 5) is 15.2. The standard InChI is InChI=1S/C13H10ClNO3S/c14-13-15-7-11(19-13)8-18-10-4-1-9(2-5-10)3-6-12(16)17/h1-7H,8H2,(H,16,17)/b6-3+. The Bertz CT molecular complexity index is 592. The van der Waals surface area contributed by atoms with Gasteiger partial charge in [-0.2, -0.15) is 0 Å². The van der Waals surface area contributed by atoms with Crippen molar-refractivity contribution in [3.63, 3.8) is 0 Å². The molecule has 0 aliphatic heterocycles. The van der Waals surface area contributed by atoms with Crippen LogP contribution < -0.4 is 4.74 Å². The largest absolute Gasteiger partial charge is 0.488 e. The molecule has 0 spiro atoms. The fraction of sp³-hybridized carbons (Fsp3) is 0.0769. The van der Waals surface area contributed by atoms with E-state index in [1.807, 2.05) is 0 Å². The Labute approximate surface area is 118 Å². The molecule has 0 aliphatic carbocycles. The van der Waals surface area contributed by atoms with Gasteiger partial charge in [-0.15, -0.1) is 11.3 Å². The van der Waals surface area contributed by atoms with Gasteiger partial charge in [0, 0.05) is 12.3 Å². The van der Waals surface area contributed by atoms with Crippen LogP contribution in [0.1, 0.15) is 10.4 Å². The fourth-order valence-corrected chi connectivity index (χ4v) is 2.24. The molecule has 1 N–H and O–H groups in total. The molecule has 98 valence electrons. The number of benzene rings is 1. The maximum Gasteiger partial charge on any atom is 0.328 e. The normalized spacial score (nSPS) is 10.8. The average molecular weight is 296 g/mol. The maximum atomic E-state index is 10.4. The van der Waals surface area contributed by atoms with Crippen LogP contribution in [-0.4, -0.2) is 16.1 Å². The lowest BCUT2D eigenvalue weighted by Crippen LogP contribution is -1.92. The molecular formula is C13H10ClNO3S. The summed E-state index contributed by atoms with van der Waals surface area (Å²) in [5.41, 5.74) is 0.801. The van der Waals surface area contributed by atoms with Crippen molar-refractivity contribution in [3.8, 4) is 5.75 Å². The lowest BCUT2D eigenvalue weighted by molar-refractivity contribution is -0.131. The Morgan fingerprint density at radius 3 is 2.74 bits per heavy atom. The van der Waals surface area contributed by atoms with E-state index in [4.69, 9.17) is 21.4 Å². The molecule has 0 unspecified atom stereocenters. The van der Waals surface area contributed by atoms with E-state index in [1.165, 1.54) is 17.4 Å². The number of hydrogen-bond acceptors (Lipinski definition) is 4. The third kappa shape index (κ3) is 4.39. The van der Waals surface area contributed by atoms with E-state index in [-0.39, 0.29) is 0 Å². The van der Waals surface area contributed by atoms with Crippen LogP contribution in [0, 0.1) is 0 Å². The van der Waals surface area contributed by atoms with Crippen molar-refractivity contribution in [2.75, 3.05) is 0 Å². The number of rotatable bonds is 5. The molecule has 2 aromatic rings. The second kappa shape index (κ2) is 6.36. The predicted octanol–water partition coefficient (Wildman–Crippen LogP) is 3.47. The van der Waals surface area contributed by atoms with Crippen LogP contribution in [0.2, 0.25) is 4.47 Å². The molecule has 0 saturated carbocycles. The van der Waals surface area contributed by atoms with Gasteiger partial charge in [-0.1, -0.05) is 23.7 Å². The van der Waals surface area contributed by atoms with Crippen LogP contribution >= 0.6 is 22.9 Å². The molecule has 0 saturated heterocycles. The summed E-state index contributed by atoms with van der Waals surface area (Å²) < 4.78 is 6.05. The number of carbonyl (C=O) groups is 1. The predicted molar refractivity (Wildman–Crippen MR) is 74.6 cm³/mol. The minimum atomic E-state index is -0.970. The number of hydrogen-bond donors (Lipinski definition) is 1. The molecule has 1 heterocycles. The Hall–Kier alpha value is -1.85. The highest BCUT2D eigenvalue weighted by Gasteiger charge is 2.00. The van der Waals surface area contributed by atoms with E-state index in [9.17, 15) is 4.79 Å². The van der Waals surface area contributed by atoms with Crippen LogP contribution in [-0.2, 0) is 11.4 Å². The van der Waals surface area contributed by atoms with Crippen molar-refractivity contribution in [2.45, 2.75) is 6.61 Å². The quantitative estimate of drug-likeness (QED) is 0.858. The molecule has 0 radical (unpaired) electrons. The third-order valence-electron chi connectivity index (χ3n) is 2.20. The molecule has 1 aromatic heterocycles. The number of aliphatic carboxylic acids is 1. The van der Waals surface area contributed by atoms with Gasteiger partial charge in [-0.05, 0) is 23.8 Å². The monoisotopic (exact) mass is 295 g/mol. The first-order chi connectivity index (χ1) is 9.13. The van der Waals surface area contributed by atoms with E-state index >= 15 is 0 Å². The van der Waals surface area contributed by atoms with Gasteiger partial charge in [0.2, 0.25) is 0 Å². The van der Waals surface area contributed by atoms with Crippen molar-refractivity contribution in [1.29, 1.82) is 0 Å². The lowest BCUT2D eigenvalue weighted by atomic mass is 10.2. The first kappa shape index (κ1) is 13.6. The third-order valence-corrected chi connectivity index (χ3v) is 3.29. The molecule has 2 rings (SSSR count). The number of halogens is 1. The Morgan fingerprint density at radius 1 is 1.42 bits per heavy atom.